The van der Waals surface area contributed by atoms with E-state index >= 15 is 0 Å². The molecule has 3 atom stereocenters. The fourth-order valence-corrected chi connectivity index (χ4v) is 5.02. The van der Waals surface area contributed by atoms with Crippen LogP contribution in [-0.2, 0) is 4.79 Å². The summed E-state index contributed by atoms with van der Waals surface area (Å²) in [5, 5.41) is 32.8. The van der Waals surface area contributed by atoms with Crippen molar-refractivity contribution >= 4 is 5.91 Å². The number of carbonyl (C=O) groups excluding carboxylic acids is 1. The summed E-state index contributed by atoms with van der Waals surface area (Å²) in [6.45, 7) is 4.12. The lowest BCUT2D eigenvalue weighted by Crippen LogP contribution is -2.45. The van der Waals surface area contributed by atoms with Gasteiger partial charge < -0.3 is 20.6 Å². The van der Waals surface area contributed by atoms with Crippen LogP contribution in [0.3, 0.4) is 0 Å². The zero-order valence-electron chi connectivity index (χ0n) is 26.5. The number of unbranched alkanes of at least 4 members (excludes halogenated alkanes) is 19. The van der Waals surface area contributed by atoms with E-state index in [2.05, 4.69) is 31.3 Å². The molecule has 0 bridgehead atoms. The van der Waals surface area contributed by atoms with E-state index in [0.29, 0.717) is 6.42 Å². The van der Waals surface area contributed by atoms with E-state index in [9.17, 15) is 20.1 Å². The van der Waals surface area contributed by atoms with Crippen LogP contribution in [0.4, 0.5) is 0 Å². The van der Waals surface area contributed by atoms with Crippen molar-refractivity contribution in [3.05, 3.63) is 24.3 Å². The van der Waals surface area contributed by atoms with E-state index in [-0.39, 0.29) is 18.9 Å². The smallest absolute Gasteiger partial charge is 0.222 e. The topological polar surface area (TPSA) is 89.8 Å². The highest BCUT2D eigenvalue weighted by Crippen LogP contribution is 2.14. The number of allylic oxidation sites excluding steroid dienone is 3. The molecule has 0 radical (unpaired) electrons. The number of aliphatic hydroxyl groups excluding tert-OH is 3. The predicted molar refractivity (Wildman–Crippen MR) is 171 cm³/mol. The molecule has 5 nitrogen and oxygen atoms in total. The maximum absolute atomic E-state index is 12.3. The van der Waals surface area contributed by atoms with Crippen molar-refractivity contribution in [3.63, 3.8) is 0 Å². The molecule has 0 aliphatic rings. The Balaban J connectivity index is 3.75. The molecule has 0 heterocycles. The summed E-state index contributed by atoms with van der Waals surface area (Å²) in [6.07, 6.45) is 34.5. The number of amides is 1. The predicted octanol–water partition coefficient (Wildman–Crippen LogP) is 8.70. The normalized spacial score (nSPS) is 14.2. The Kier molecular flexibility index (Phi) is 29.9. The van der Waals surface area contributed by atoms with Crippen LogP contribution < -0.4 is 5.32 Å². The molecule has 4 N–H and O–H groups in total. The zero-order chi connectivity index (χ0) is 29.5. The standard InChI is InChI=1S/C35H67NO4/c1-3-5-7-9-11-13-14-15-16-17-18-19-20-21-23-25-27-29-34(39)33(31-37)36-35(40)30-32(38)28-26-24-22-12-10-8-6-4-2/h10,12,27,29,32-34,37-39H,3-9,11,13-26,28,30-31H2,1-2H3,(H,36,40)/b12-10-,29-27+. The average molecular weight is 566 g/mol. The van der Waals surface area contributed by atoms with Crippen molar-refractivity contribution in [2.45, 2.75) is 186 Å². The lowest BCUT2D eigenvalue weighted by atomic mass is 10.0. The molecule has 0 fully saturated rings. The highest BCUT2D eigenvalue weighted by atomic mass is 16.3. The molecule has 0 spiro atoms. The molecule has 5 heteroatoms. The van der Waals surface area contributed by atoms with Crippen LogP contribution >= 0.6 is 0 Å². The lowest BCUT2D eigenvalue weighted by Gasteiger charge is -2.21. The number of carbonyl (C=O) groups is 1. The molecule has 40 heavy (non-hydrogen) atoms. The second-order valence-electron chi connectivity index (χ2n) is 11.8. The summed E-state index contributed by atoms with van der Waals surface area (Å²) in [6, 6.07) is -0.745. The second-order valence-corrected chi connectivity index (χ2v) is 11.8. The van der Waals surface area contributed by atoms with E-state index in [1.807, 2.05) is 6.08 Å². The summed E-state index contributed by atoms with van der Waals surface area (Å²) in [5.41, 5.74) is 0. The first-order valence-corrected chi connectivity index (χ1v) is 17.1. The van der Waals surface area contributed by atoms with Gasteiger partial charge in [0.15, 0.2) is 0 Å². The monoisotopic (exact) mass is 566 g/mol. The quantitative estimate of drug-likeness (QED) is 0.0518. The fourth-order valence-electron chi connectivity index (χ4n) is 5.02. The molecule has 0 aromatic carbocycles. The third kappa shape index (κ3) is 27.0. The number of nitrogens with one attached hydrogen (secondary N) is 1. The van der Waals surface area contributed by atoms with Crippen LogP contribution in [0.1, 0.15) is 168 Å². The van der Waals surface area contributed by atoms with Crippen LogP contribution in [-0.4, -0.2) is 46.1 Å². The molecule has 0 rings (SSSR count). The first-order valence-electron chi connectivity index (χ1n) is 17.1. The zero-order valence-corrected chi connectivity index (χ0v) is 26.5. The van der Waals surface area contributed by atoms with Gasteiger partial charge >= 0.3 is 0 Å². The maximum Gasteiger partial charge on any atom is 0.222 e. The maximum atomic E-state index is 12.3. The molecule has 1 amide bonds. The molecule has 0 aliphatic carbocycles. The summed E-state index contributed by atoms with van der Waals surface area (Å²) >= 11 is 0. The second kappa shape index (κ2) is 30.8. The molecule has 236 valence electrons. The van der Waals surface area contributed by atoms with Gasteiger partial charge in [0, 0.05) is 0 Å². The molecule has 0 saturated heterocycles. The Morgan fingerprint density at radius 3 is 1.60 bits per heavy atom. The molecular formula is C35H67NO4. The Hall–Kier alpha value is -1.17. The van der Waals surface area contributed by atoms with Crippen LogP contribution in [0, 0.1) is 0 Å². The van der Waals surface area contributed by atoms with Gasteiger partial charge in [0.2, 0.25) is 5.91 Å². The van der Waals surface area contributed by atoms with Gasteiger partial charge in [-0.2, -0.15) is 0 Å². The van der Waals surface area contributed by atoms with Gasteiger partial charge in [-0.05, 0) is 38.5 Å². The van der Waals surface area contributed by atoms with Crippen molar-refractivity contribution in [2.24, 2.45) is 0 Å². The number of rotatable bonds is 30. The SMILES string of the molecule is CCCC/C=C\CCCCC(O)CC(=O)NC(CO)C(O)/C=C/CCCCCCCCCCCCCCCCC. The van der Waals surface area contributed by atoms with Gasteiger partial charge in [-0.15, -0.1) is 0 Å². The molecule has 0 aliphatic heterocycles. The van der Waals surface area contributed by atoms with Crippen molar-refractivity contribution in [3.8, 4) is 0 Å². The van der Waals surface area contributed by atoms with Crippen LogP contribution in [0.25, 0.3) is 0 Å². The molecule has 0 aromatic heterocycles. The minimum atomic E-state index is -0.929. The van der Waals surface area contributed by atoms with Gasteiger partial charge in [0.05, 0.1) is 31.3 Å². The van der Waals surface area contributed by atoms with E-state index in [4.69, 9.17) is 0 Å². The number of hydrogen-bond acceptors (Lipinski definition) is 4. The van der Waals surface area contributed by atoms with Crippen LogP contribution in [0.5, 0.6) is 0 Å². The van der Waals surface area contributed by atoms with Crippen molar-refractivity contribution < 1.29 is 20.1 Å². The van der Waals surface area contributed by atoms with Crippen molar-refractivity contribution in [1.82, 2.24) is 5.32 Å². The first-order chi connectivity index (χ1) is 19.5. The summed E-state index contributed by atoms with van der Waals surface area (Å²) in [5.74, 6) is -0.333. The molecule has 0 saturated carbocycles. The summed E-state index contributed by atoms with van der Waals surface area (Å²) in [4.78, 5) is 12.3. The van der Waals surface area contributed by atoms with Crippen molar-refractivity contribution in [2.75, 3.05) is 6.61 Å². The average Bonchev–Trinajstić information content (AvgIpc) is 2.94. The summed E-state index contributed by atoms with van der Waals surface area (Å²) < 4.78 is 0. The Bertz CT molecular complexity index is 592. The molecular weight excluding hydrogens is 498 g/mol. The highest BCUT2D eigenvalue weighted by molar-refractivity contribution is 5.76. The summed E-state index contributed by atoms with van der Waals surface area (Å²) in [7, 11) is 0. The number of hydrogen-bond donors (Lipinski definition) is 4. The Labute approximate surface area is 248 Å². The lowest BCUT2D eigenvalue weighted by molar-refractivity contribution is -0.124. The van der Waals surface area contributed by atoms with Crippen LogP contribution in [0.15, 0.2) is 24.3 Å². The largest absolute Gasteiger partial charge is 0.394 e. The molecule has 0 aromatic rings. The first kappa shape index (κ1) is 38.8. The minimum absolute atomic E-state index is 0.00159. The van der Waals surface area contributed by atoms with E-state index in [0.717, 1.165) is 38.5 Å². The van der Waals surface area contributed by atoms with Gasteiger partial charge in [0.25, 0.3) is 0 Å². The van der Waals surface area contributed by atoms with E-state index < -0.39 is 18.2 Å². The fraction of sp³-hybridized carbons (Fsp3) is 0.857. The third-order valence-electron chi connectivity index (χ3n) is 7.73. The van der Waals surface area contributed by atoms with Crippen molar-refractivity contribution in [1.29, 1.82) is 0 Å². The minimum Gasteiger partial charge on any atom is -0.394 e. The van der Waals surface area contributed by atoms with E-state index in [1.165, 1.54) is 103 Å². The van der Waals surface area contributed by atoms with Crippen LogP contribution in [0.2, 0.25) is 0 Å². The van der Waals surface area contributed by atoms with Gasteiger partial charge in [-0.3, -0.25) is 4.79 Å². The van der Waals surface area contributed by atoms with Gasteiger partial charge in [-0.25, -0.2) is 0 Å². The van der Waals surface area contributed by atoms with E-state index in [1.54, 1.807) is 6.08 Å². The number of aliphatic hydroxyl groups is 3. The van der Waals surface area contributed by atoms with Gasteiger partial charge in [0.1, 0.15) is 0 Å². The Morgan fingerprint density at radius 1 is 0.625 bits per heavy atom. The molecule has 3 unspecified atom stereocenters. The third-order valence-corrected chi connectivity index (χ3v) is 7.73. The van der Waals surface area contributed by atoms with Gasteiger partial charge in [-0.1, -0.05) is 147 Å². The highest BCUT2D eigenvalue weighted by Gasteiger charge is 2.20. The Morgan fingerprint density at radius 2 is 1.07 bits per heavy atom.